The van der Waals surface area contributed by atoms with Crippen molar-refractivity contribution in [2.75, 3.05) is 33.5 Å². The van der Waals surface area contributed by atoms with Crippen molar-refractivity contribution in [3.05, 3.63) is 33.1 Å². The first-order chi connectivity index (χ1) is 18.2. The van der Waals surface area contributed by atoms with Gasteiger partial charge in [0.15, 0.2) is 11.8 Å². The largest absolute Gasteiger partial charge is 0.510 e. The maximum absolute atomic E-state index is 14.3. The second kappa shape index (κ2) is 13.5. The fourth-order valence-electron chi connectivity index (χ4n) is 3.24. The number of alkyl halides is 1. The van der Waals surface area contributed by atoms with Gasteiger partial charge in [-0.05, 0) is 27.7 Å². The predicted molar refractivity (Wildman–Crippen MR) is 123 cm³/mol. The van der Waals surface area contributed by atoms with Crippen LogP contribution in [0.2, 0.25) is 0 Å². The number of aromatic amines is 1. The molecule has 5 atom stereocenters. The van der Waals surface area contributed by atoms with Crippen molar-refractivity contribution in [1.29, 1.82) is 0 Å². The number of hydrogen-bond acceptors (Lipinski definition) is 15. The number of hydrogen-bond donors (Lipinski definition) is 3. The third kappa shape index (κ3) is 8.31. The molecule has 1 aliphatic heterocycles. The van der Waals surface area contributed by atoms with Gasteiger partial charge in [-0.1, -0.05) is 0 Å². The number of carbonyl (C=O) groups is 2. The van der Waals surface area contributed by atoms with E-state index in [1.165, 1.54) is 20.8 Å². The Kier molecular flexibility index (Phi) is 11.2. The molecule has 0 bridgehead atoms. The third-order valence-electron chi connectivity index (χ3n) is 5.06. The van der Waals surface area contributed by atoms with Gasteiger partial charge in [0, 0.05) is 12.3 Å². The molecule has 2 heterocycles. The molecule has 2 rings (SSSR count). The molecule has 1 saturated heterocycles. The maximum atomic E-state index is 14.3. The summed E-state index contributed by atoms with van der Waals surface area (Å²) in [6.45, 7) is 0.677. The predicted octanol–water partition coefficient (Wildman–Crippen LogP) is 0.693. The molecular formula is C20H30FN2O15P. The number of aliphatic hydroxyl groups is 2. The van der Waals surface area contributed by atoms with E-state index in [-0.39, 0.29) is 6.61 Å². The van der Waals surface area contributed by atoms with E-state index in [2.05, 4.69) is 14.2 Å². The standard InChI is InChI=1S/C20H30FN2O15P/c1-5-31-17(27)32-10-35-39(30,36-11-33-18(28)37-12(2)3)34-9-20(8-21)14(25)19(4,29)15(38-20)23-7-6-13(24)22-16(23)26/h6-7,12,14-15,25,29H,5,8-11H2,1-4H3,(H,22,24,26)/t14-,15+,19+,20+,39?/m0/s1. The zero-order valence-corrected chi connectivity index (χ0v) is 22.3. The summed E-state index contributed by atoms with van der Waals surface area (Å²) >= 11 is 0. The van der Waals surface area contributed by atoms with Crippen LogP contribution in [-0.2, 0) is 41.8 Å². The molecule has 1 aromatic rings. The smallest absolute Gasteiger partial charge is 0.435 e. The molecule has 0 aliphatic carbocycles. The number of nitrogens with zero attached hydrogens (tertiary/aromatic N) is 1. The summed E-state index contributed by atoms with van der Waals surface area (Å²) < 4.78 is 66.7. The number of aromatic nitrogens is 2. The molecule has 0 radical (unpaired) electrons. The Labute approximate surface area is 220 Å². The molecule has 222 valence electrons. The molecule has 17 nitrogen and oxygen atoms in total. The second-order valence-electron chi connectivity index (χ2n) is 8.42. The van der Waals surface area contributed by atoms with Crippen LogP contribution in [0.1, 0.15) is 33.9 Å². The summed E-state index contributed by atoms with van der Waals surface area (Å²) in [5, 5.41) is 21.6. The van der Waals surface area contributed by atoms with Crippen LogP contribution in [0.3, 0.4) is 0 Å². The monoisotopic (exact) mass is 588 g/mol. The molecule has 1 fully saturated rings. The van der Waals surface area contributed by atoms with Crippen LogP contribution in [0.15, 0.2) is 21.9 Å². The molecule has 0 spiro atoms. The molecule has 0 amide bonds. The molecule has 39 heavy (non-hydrogen) atoms. The van der Waals surface area contributed by atoms with E-state index in [4.69, 9.17) is 23.0 Å². The summed E-state index contributed by atoms with van der Waals surface area (Å²) in [7, 11) is -4.89. The van der Waals surface area contributed by atoms with Gasteiger partial charge in [0.2, 0.25) is 13.6 Å². The van der Waals surface area contributed by atoms with Gasteiger partial charge in [-0.2, -0.15) is 0 Å². The Morgan fingerprint density at radius 1 is 1.18 bits per heavy atom. The van der Waals surface area contributed by atoms with Gasteiger partial charge in [0.1, 0.15) is 18.4 Å². The lowest BCUT2D eigenvalue weighted by molar-refractivity contribution is -0.141. The van der Waals surface area contributed by atoms with E-state index in [9.17, 15) is 38.3 Å². The Bertz CT molecular complexity index is 1150. The van der Waals surface area contributed by atoms with Gasteiger partial charge in [0.25, 0.3) is 5.56 Å². The minimum Gasteiger partial charge on any atom is -0.435 e. The summed E-state index contributed by atoms with van der Waals surface area (Å²) in [5.41, 5.74) is -6.63. The van der Waals surface area contributed by atoms with E-state index in [1.807, 2.05) is 4.98 Å². The van der Waals surface area contributed by atoms with E-state index in [1.54, 1.807) is 0 Å². The molecule has 1 aliphatic rings. The lowest BCUT2D eigenvalue weighted by Gasteiger charge is -2.31. The number of rotatable bonds is 13. The van der Waals surface area contributed by atoms with E-state index < -0.39 is 87.9 Å². The van der Waals surface area contributed by atoms with Crippen molar-refractivity contribution in [3.63, 3.8) is 0 Å². The SMILES string of the molecule is CCOC(=O)OCOP(=O)(OCOC(=O)OC(C)C)OC[C@@]1(CF)O[C@@H](n2ccc(=O)[nH]c2=O)[C@](C)(O)[C@@H]1O. The average Bonchev–Trinajstić information content (AvgIpc) is 3.04. The number of carbonyl (C=O) groups excluding carboxylic acids is 2. The first kappa shape index (κ1) is 32.4. The van der Waals surface area contributed by atoms with Gasteiger partial charge >= 0.3 is 25.8 Å². The van der Waals surface area contributed by atoms with Crippen LogP contribution < -0.4 is 11.2 Å². The molecule has 19 heteroatoms. The number of halogens is 1. The Balaban J connectivity index is 2.23. The van der Waals surface area contributed by atoms with Crippen LogP contribution in [0.5, 0.6) is 0 Å². The van der Waals surface area contributed by atoms with Crippen LogP contribution in [-0.4, -0.2) is 89.0 Å². The van der Waals surface area contributed by atoms with Crippen molar-refractivity contribution in [2.24, 2.45) is 0 Å². The van der Waals surface area contributed by atoms with Crippen molar-refractivity contribution < 1.29 is 66.0 Å². The normalized spacial score (nSPS) is 26.2. The van der Waals surface area contributed by atoms with E-state index in [0.717, 1.165) is 19.2 Å². The van der Waals surface area contributed by atoms with Gasteiger partial charge in [-0.15, -0.1) is 0 Å². The Morgan fingerprint density at radius 3 is 2.33 bits per heavy atom. The highest BCUT2D eigenvalue weighted by atomic mass is 31.2. The molecule has 1 aromatic heterocycles. The maximum Gasteiger partial charge on any atom is 0.510 e. The minimum atomic E-state index is -4.89. The van der Waals surface area contributed by atoms with Crippen LogP contribution in [0, 0.1) is 0 Å². The number of phosphoric acid groups is 1. The highest BCUT2D eigenvalue weighted by molar-refractivity contribution is 7.48. The minimum absolute atomic E-state index is 0.0526. The van der Waals surface area contributed by atoms with Crippen molar-refractivity contribution in [1.82, 2.24) is 9.55 Å². The first-order valence-electron chi connectivity index (χ1n) is 11.3. The highest BCUT2D eigenvalue weighted by Crippen LogP contribution is 2.52. The van der Waals surface area contributed by atoms with Crippen LogP contribution in [0.25, 0.3) is 0 Å². The van der Waals surface area contributed by atoms with Crippen LogP contribution in [0.4, 0.5) is 14.0 Å². The fourth-order valence-corrected chi connectivity index (χ4v) is 4.21. The number of ether oxygens (including phenoxy) is 5. The molecule has 1 unspecified atom stereocenters. The molecule has 3 N–H and O–H groups in total. The topological polar surface area (TPSA) is 220 Å². The fraction of sp³-hybridized carbons (Fsp3) is 0.700. The third-order valence-corrected chi connectivity index (χ3v) is 6.35. The van der Waals surface area contributed by atoms with E-state index in [0.29, 0.717) is 4.57 Å². The van der Waals surface area contributed by atoms with Crippen molar-refractivity contribution in [2.45, 2.75) is 57.3 Å². The van der Waals surface area contributed by atoms with Crippen molar-refractivity contribution in [3.8, 4) is 0 Å². The summed E-state index contributed by atoms with van der Waals surface area (Å²) in [6.07, 6.45) is -5.89. The summed E-state index contributed by atoms with van der Waals surface area (Å²) in [6, 6.07) is 0.920. The number of nitrogens with one attached hydrogen (secondary N) is 1. The Morgan fingerprint density at radius 2 is 1.79 bits per heavy atom. The zero-order chi connectivity index (χ0) is 29.4. The molecule has 0 aromatic carbocycles. The van der Waals surface area contributed by atoms with Gasteiger partial charge in [-0.25, -0.2) is 32.4 Å². The van der Waals surface area contributed by atoms with E-state index >= 15 is 0 Å². The average molecular weight is 588 g/mol. The van der Waals surface area contributed by atoms with Gasteiger partial charge in [0.05, 0.1) is 19.3 Å². The first-order valence-corrected chi connectivity index (χ1v) is 12.8. The lowest BCUT2D eigenvalue weighted by atomic mass is 9.88. The molecule has 0 saturated carbocycles. The Hall–Kier alpha value is -2.86. The van der Waals surface area contributed by atoms with Gasteiger partial charge < -0.3 is 33.9 Å². The summed E-state index contributed by atoms with van der Waals surface area (Å²) in [4.78, 5) is 48.4. The lowest BCUT2D eigenvalue weighted by Crippen LogP contribution is -2.53. The van der Waals surface area contributed by atoms with Crippen molar-refractivity contribution >= 4 is 20.1 Å². The highest BCUT2D eigenvalue weighted by Gasteiger charge is 2.63. The summed E-state index contributed by atoms with van der Waals surface area (Å²) in [5.74, 6) is 0. The number of phosphoric ester groups is 1. The van der Waals surface area contributed by atoms with Crippen LogP contribution >= 0.6 is 7.82 Å². The number of aliphatic hydroxyl groups excluding tert-OH is 1. The quantitative estimate of drug-likeness (QED) is 0.164. The number of H-pyrrole nitrogens is 1. The zero-order valence-electron chi connectivity index (χ0n) is 21.4. The molecular weight excluding hydrogens is 558 g/mol. The van der Waals surface area contributed by atoms with Gasteiger partial charge in [-0.3, -0.25) is 18.9 Å². The second-order valence-corrected chi connectivity index (χ2v) is 10.1.